The Bertz CT molecular complexity index is 570. The van der Waals surface area contributed by atoms with Crippen LogP contribution in [-0.4, -0.2) is 59.2 Å². The van der Waals surface area contributed by atoms with Gasteiger partial charge in [0, 0.05) is 37.5 Å². The van der Waals surface area contributed by atoms with Crippen LogP contribution in [0.3, 0.4) is 0 Å². The molecule has 138 valence electrons. The molecule has 0 aromatic heterocycles. The summed E-state index contributed by atoms with van der Waals surface area (Å²) in [5.41, 5.74) is -0.190. The Morgan fingerprint density at radius 1 is 1.24 bits per heavy atom. The standard InChI is InChI=1S/C18H27N3O3S/c1-25-13-8-16(22)19-14-18(24)9-5-11-21(12-10-18)17(23)20-15-6-3-2-4-7-15/h2-4,6-7,24H,5,8-14H2,1H3,(H,19,22)(H,20,23)/t18-/m1/s1. The number of carbonyl (C=O) groups excluding carboxylic acids is 2. The molecule has 1 aliphatic rings. The lowest BCUT2D eigenvalue weighted by Gasteiger charge is -2.27. The fraction of sp³-hybridized carbons (Fsp3) is 0.556. The quantitative estimate of drug-likeness (QED) is 0.722. The molecule has 7 heteroatoms. The first-order valence-electron chi connectivity index (χ1n) is 8.61. The number of urea groups is 1. The van der Waals surface area contributed by atoms with Gasteiger partial charge in [0.05, 0.1) is 5.60 Å². The van der Waals surface area contributed by atoms with Gasteiger partial charge in [-0.25, -0.2) is 4.79 Å². The van der Waals surface area contributed by atoms with Crippen molar-refractivity contribution in [3.63, 3.8) is 0 Å². The minimum Gasteiger partial charge on any atom is -0.388 e. The molecule has 1 saturated heterocycles. The van der Waals surface area contributed by atoms with Gasteiger partial charge >= 0.3 is 6.03 Å². The van der Waals surface area contributed by atoms with Crippen LogP contribution in [0.5, 0.6) is 0 Å². The number of anilines is 1. The first-order valence-corrected chi connectivity index (χ1v) is 10.0. The van der Waals surface area contributed by atoms with Gasteiger partial charge in [-0.2, -0.15) is 11.8 Å². The summed E-state index contributed by atoms with van der Waals surface area (Å²) in [6.45, 7) is 1.31. The number of para-hydroxylation sites is 1. The maximum Gasteiger partial charge on any atom is 0.321 e. The maximum absolute atomic E-state index is 12.4. The molecule has 1 heterocycles. The van der Waals surface area contributed by atoms with Gasteiger partial charge in [-0.1, -0.05) is 18.2 Å². The van der Waals surface area contributed by atoms with Crippen molar-refractivity contribution >= 4 is 29.4 Å². The molecule has 2 rings (SSSR count). The third-order valence-corrected chi connectivity index (χ3v) is 4.99. The van der Waals surface area contributed by atoms with E-state index in [2.05, 4.69) is 10.6 Å². The second-order valence-electron chi connectivity index (χ2n) is 6.38. The molecule has 0 unspecified atom stereocenters. The van der Waals surface area contributed by atoms with Crippen molar-refractivity contribution in [1.82, 2.24) is 10.2 Å². The molecule has 0 bridgehead atoms. The summed E-state index contributed by atoms with van der Waals surface area (Å²) in [6.07, 6.45) is 4.16. The summed E-state index contributed by atoms with van der Waals surface area (Å²) >= 11 is 1.62. The van der Waals surface area contributed by atoms with Crippen molar-refractivity contribution < 1.29 is 14.7 Å². The van der Waals surface area contributed by atoms with E-state index >= 15 is 0 Å². The van der Waals surface area contributed by atoms with Crippen molar-refractivity contribution in [2.75, 3.05) is 37.0 Å². The largest absolute Gasteiger partial charge is 0.388 e. The third-order valence-electron chi connectivity index (χ3n) is 4.38. The lowest BCUT2D eigenvalue weighted by Crippen LogP contribution is -2.44. The number of aliphatic hydroxyl groups is 1. The molecule has 1 atom stereocenters. The Balaban J connectivity index is 1.82. The van der Waals surface area contributed by atoms with Crippen molar-refractivity contribution in [2.24, 2.45) is 0 Å². The highest BCUT2D eigenvalue weighted by atomic mass is 32.2. The summed E-state index contributed by atoms with van der Waals surface area (Å²) in [7, 11) is 0. The second kappa shape index (κ2) is 9.68. The van der Waals surface area contributed by atoms with Gasteiger partial charge in [-0.15, -0.1) is 0 Å². The highest BCUT2D eigenvalue weighted by Crippen LogP contribution is 2.22. The molecule has 0 saturated carbocycles. The predicted molar refractivity (Wildman–Crippen MR) is 102 cm³/mol. The number of hydrogen-bond acceptors (Lipinski definition) is 4. The van der Waals surface area contributed by atoms with E-state index in [0.717, 1.165) is 11.4 Å². The number of hydrogen-bond donors (Lipinski definition) is 3. The molecule has 3 amide bonds. The number of nitrogens with zero attached hydrogens (tertiary/aromatic N) is 1. The number of carbonyl (C=O) groups is 2. The summed E-state index contributed by atoms with van der Waals surface area (Å²) in [5.74, 6) is 0.739. The monoisotopic (exact) mass is 365 g/mol. The smallest absolute Gasteiger partial charge is 0.321 e. The third kappa shape index (κ3) is 6.59. The van der Waals surface area contributed by atoms with E-state index < -0.39 is 5.60 Å². The minimum absolute atomic E-state index is 0.0364. The summed E-state index contributed by atoms with van der Waals surface area (Å²) in [6, 6.07) is 9.17. The topological polar surface area (TPSA) is 81.7 Å². The van der Waals surface area contributed by atoms with Crippen LogP contribution in [0.4, 0.5) is 10.5 Å². The van der Waals surface area contributed by atoms with Crippen molar-refractivity contribution in [2.45, 2.75) is 31.3 Å². The Kier molecular flexibility index (Phi) is 7.58. The fourth-order valence-corrected chi connectivity index (χ4v) is 3.22. The predicted octanol–water partition coefficient (Wildman–Crippen LogP) is 2.30. The highest BCUT2D eigenvalue weighted by Gasteiger charge is 2.31. The zero-order chi connectivity index (χ0) is 18.1. The van der Waals surface area contributed by atoms with Crippen LogP contribution in [0.1, 0.15) is 25.7 Å². The molecule has 3 N–H and O–H groups in total. The number of benzene rings is 1. The Hall–Kier alpha value is -1.73. The van der Waals surface area contributed by atoms with E-state index in [9.17, 15) is 14.7 Å². The fourth-order valence-electron chi connectivity index (χ4n) is 2.83. The van der Waals surface area contributed by atoms with Gasteiger partial charge in [-0.3, -0.25) is 4.79 Å². The van der Waals surface area contributed by atoms with Crippen LogP contribution >= 0.6 is 11.8 Å². The Morgan fingerprint density at radius 2 is 2.00 bits per heavy atom. The van der Waals surface area contributed by atoms with E-state index in [1.165, 1.54) is 0 Å². The minimum atomic E-state index is -0.948. The summed E-state index contributed by atoms with van der Waals surface area (Å²) in [4.78, 5) is 25.8. The Morgan fingerprint density at radius 3 is 2.72 bits per heavy atom. The zero-order valence-corrected chi connectivity index (χ0v) is 15.5. The molecule has 0 aliphatic carbocycles. The molecular weight excluding hydrogens is 338 g/mol. The molecular formula is C18H27N3O3S. The summed E-state index contributed by atoms with van der Waals surface area (Å²) in [5, 5.41) is 16.4. The molecule has 0 radical (unpaired) electrons. The zero-order valence-electron chi connectivity index (χ0n) is 14.7. The van der Waals surface area contributed by atoms with Gasteiger partial charge in [0.2, 0.25) is 5.91 Å². The van der Waals surface area contributed by atoms with Gasteiger partial charge in [0.25, 0.3) is 0 Å². The number of thioether (sulfide) groups is 1. The lowest BCUT2D eigenvalue weighted by atomic mass is 9.95. The molecule has 1 fully saturated rings. The second-order valence-corrected chi connectivity index (χ2v) is 7.37. The van der Waals surface area contributed by atoms with Crippen LogP contribution in [0.2, 0.25) is 0 Å². The van der Waals surface area contributed by atoms with E-state index in [-0.39, 0.29) is 18.5 Å². The lowest BCUT2D eigenvalue weighted by molar-refractivity contribution is -0.122. The van der Waals surface area contributed by atoms with Crippen molar-refractivity contribution in [1.29, 1.82) is 0 Å². The van der Waals surface area contributed by atoms with Gasteiger partial charge in [0.15, 0.2) is 0 Å². The average molecular weight is 365 g/mol. The van der Waals surface area contributed by atoms with E-state index in [1.807, 2.05) is 36.6 Å². The summed E-state index contributed by atoms with van der Waals surface area (Å²) < 4.78 is 0. The van der Waals surface area contributed by atoms with E-state index in [1.54, 1.807) is 16.7 Å². The van der Waals surface area contributed by atoms with Crippen LogP contribution in [0.25, 0.3) is 0 Å². The number of amides is 3. The van der Waals surface area contributed by atoms with Gasteiger partial charge < -0.3 is 20.6 Å². The van der Waals surface area contributed by atoms with Crippen LogP contribution in [0, 0.1) is 0 Å². The number of nitrogens with one attached hydrogen (secondary N) is 2. The van der Waals surface area contributed by atoms with Crippen LogP contribution < -0.4 is 10.6 Å². The molecule has 25 heavy (non-hydrogen) atoms. The van der Waals surface area contributed by atoms with E-state index in [0.29, 0.717) is 38.8 Å². The molecule has 1 aliphatic heterocycles. The average Bonchev–Trinajstić information content (AvgIpc) is 2.81. The van der Waals surface area contributed by atoms with Crippen molar-refractivity contribution in [3.8, 4) is 0 Å². The van der Waals surface area contributed by atoms with Crippen molar-refractivity contribution in [3.05, 3.63) is 30.3 Å². The molecule has 1 aromatic rings. The van der Waals surface area contributed by atoms with Gasteiger partial charge in [-0.05, 0) is 37.7 Å². The number of likely N-dealkylation sites (tertiary alicyclic amines) is 1. The van der Waals surface area contributed by atoms with Crippen LogP contribution in [0.15, 0.2) is 30.3 Å². The van der Waals surface area contributed by atoms with Crippen LogP contribution in [-0.2, 0) is 4.79 Å². The normalized spacial score (nSPS) is 20.6. The highest BCUT2D eigenvalue weighted by molar-refractivity contribution is 7.98. The SMILES string of the molecule is CSCCC(=O)NC[C@@]1(O)CCCN(C(=O)Nc2ccccc2)CC1. The number of rotatable bonds is 6. The molecule has 1 aromatic carbocycles. The first kappa shape index (κ1) is 19.6. The maximum atomic E-state index is 12.4. The van der Waals surface area contributed by atoms with E-state index in [4.69, 9.17) is 0 Å². The van der Waals surface area contributed by atoms with Gasteiger partial charge in [0.1, 0.15) is 0 Å². The molecule has 6 nitrogen and oxygen atoms in total. The molecule has 0 spiro atoms. The Labute approximate surface area is 153 Å². The first-order chi connectivity index (χ1) is 12.0.